The maximum absolute atomic E-state index is 12.4. The monoisotopic (exact) mass is 603 g/mol. The number of morpholine rings is 1. The molecule has 2 aliphatic heterocycles. The van der Waals surface area contributed by atoms with Crippen molar-refractivity contribution in [3.05, 3.63) is 0 Å². The Morgan fingerprint density at radius 1 is 1.07 bits per heavy atom. The third kappa shape index (κ3) is 4.00. The minimum absolute atomic E-state index is 0.0510. The summed E-state index contributed by atoms with van der Waals surface area (Å²) < 4.78 is 25.0. The van der Waals surface area contributed by atoms with Gasteiger partial charge in [0.2, 0.25) is 0 Å². The van der Waals surface area contributed by atoms with E-state index in [2.05, 4.69) is 33.0 Å². The van der Waals surface area contributed by atoms with Gasteiger partial charge in [-0.15, -0.1) is 0 Å². The molecule has 244 valence electrons. The van der Waals surface area contributed by atoms with Crippen molar-refractivity contribution in [2.75, 3.05) is 19.7 Å². The fourth-order valence-corrected chi connectivity index (χ4v) is 13.0. The summed E-state index contributed by atoms with van der Waals surface area (Å²) in [6.07, 6.45) is 5.99. The van der Waals surface area contributed by atoms with E-state index in [1.54, 1.807) is 0 Å². The molecule has 2 saturated heterocycles. The molecule has 2 spiro atoms. The molecule has 5 saturated carbocycles. The Hall–Kier alpha value is -0.970. The van der Waals surface area contributed by atoms with Gasteiger partial charge in [0, 0.05) is 13.1 Å². The molecule has 14 atom stereocenters. The first-order chi connectivity index (χ1) is 20.2. The number of nitrogens with two attached hydrogens (primary N) is 2. The minimum atomic E-state index is -0.774. The van der Waals surface area contributed by atoms with E-state index in [4.69, 9.17) is 30.4 Å². The third-order valence-corrected chi connectivity index (χ3v) is 14.7. The first-order valence-corrected chi connectivity index (χ1v) is 17.3. The Morgan fingerprint density at radius 2 is 1.79 bits per heavy atom. The predicted molar refractivity (Wildman–Crippen MR) is 162 cm³/mol. The van der Waals surface area contributed by atoms with Crippen LogP contribution in [0.4, 0.5) is 4.79 Å². The number of fused-ring (bicyclic) bond motifs is 4. The number of carbonyl (C=O) groups is 1. The van der Waals surface area contributed by atoms with Gasteiger partial charge in [0.15, 0.2) is 6.29 Å². The van der Waals surface area contributed by atoms with Crippen LogP contribution >= 0.6 is 0 Å². The van der Waals surface area contributed by atoms with Crippen LogP contribution in [0.1, 0.15) is 92.9 Å². The molecule has 0 aromatic rings. The van der Waals surface area contributed by atoms with Gasteiger partial charge < -0.3 is 40.8 Å². The van der Waals surface area contributed by atoms with Gasteiger partial charge in [-0.3, -0.25) is 0 Å². The number of ether oxygens (including phenoxy) is 4. The lowest BCUT2D eigenvalue weighted by molar-refractivity contribution is -0.233. The van der Waals surface area contributed by atoms with Crippen LogP contribution in [0.5, 0.6) is 0 Å². The Balaban J connectivity index is 1.16. The molecule has 6 N–H and O–H groups in total. The second-order valence-corrected chi connectivity index (χ2v) is 17.0. The van der Waals surface area contributed by atoms with E-state index in [1.165, 1.54) is 19.3 Å². The summed E-state index contributed by atoms with van der Waals surface area (Å²) in [6.45, 7) is 15.9. The molecular weight excluding hydrogens is 546 g/mol. The zero-order valence-corrected chi connectivity index (χ0v) is 27.3. The van der Waals surface area contributed by atoms with E-state index < -0.39 is 23.8 Å². The van der Waals surface area contributed by atoms with E-state index in [1.807, 2.05) is 13.8 Å². The van der Waals surface area contributed by atoms with Crippen LogP contribution in [0.25, 0.3) is 0 Å². The van der Waals surface area contributed by atoms with Gasteiger partial charge in [-0.2, -0.15) is 0 Å². The van der Waals surface area contributed by atoms with Gasteiger partial charge in [0.1, 0.15) is 6.10 Å². The Kier molecular flexibility index (Phi) is 7.14. The molecule has 9 nitrogen and oxygen atoms in total. The Morgan fingerprint density at radius 3 is 2.47 bits per heavy atom. The molecule has 0 aromatic carbocycles. The minimum Gasteiger partial charge on any atom is -0.443 e. The number of primary amides is 1. The quantitative estimate of drug-likeness (QED) is 0.371. The van der Waals surface area contributed by atoms with E-state index in [0.29, 0.717) is 12.5 Å². The number of rotatable bonds is 5. The fourth-order valence-electron chi connectivity index (χ4n) is 13.0. The van der Waals surface area contributed by atoms with Gasteiger partial charge in [0.25, 0.3) is 0 Å². The summed E-state index contributed by atoms with van der Waals surface area (Å²) in [5, 5.41) is 15.8. The Labute approximate surface area is 257 Å². The van der Waals surface area contributed by atoms with Crippen molar-refractivity contribution < 1.29 is 28.8 Å². The lowest BCUT2D eigenvalue weighted by Crippen LogP contribution is -2.70. The van der Waals surface area contributed by atoms with Crippen molar-refractivity contribution in [1.29, 1.82) is 0 Å². The summed E-state index contributed by atoms with van der Waals surface area (Å²) in [5.74, 6) is 1.36. The van der Waals surface area contributed by atoms with E-state index in [-0.39, 0.29) is 69.9 Å². The first kappa shape index (κ1) is 30.7. The van der Waals surface area contributed by atoms with E-state index in [0.717, 1.165) is 45.2 Å². The molecule has 7 aliphatic rings. The third-order valence-electron chi connectivity index (χ3n) is 14.7. The van der Waals surface area contributed by atoms with Crippen LogP contribution in [0, 0.1) is 51.2 Å². The highest BCUT2D eigenvalue weighted by Crippen LogP contribution is 2.87. The number of nitrogens with one attached hydrogen (secondary N) is 1. The van der Waals surface area contributed by atoms with Crippen molar-refractivity contribution in [3.63, 3.8) is 0 Å². The van der Waals surface area contributed by atoms with Crippen LogP contribution in [0.15, 0.2) is 0 Å². The molecule has 2 heterocycles. The lowest BCUT2D eigenvalue weighted by atomic mass is 9.43. The van der Waals surface area contributed by atoms with Crippen LogP contribution in [-0.4, -0.2) is 73.2 Å². The number of amides is 1. The van der Waals surface area contributed by atoms with Gasteiger partial charge in [0.05, 0.1) is 36.6 Å². The number of aliphatic hydroxyl groups excluding tert-OH is 1. The average Bonchev–Trinajstić information content (AvgIpc) is 3.58. The van der Waals surface area contributed by atoms with Crippen LogP contribution in [-0.2, 0) is 18.9 Å². The van der Waals surface area contributed by atoms with Crippen LogP contribution < -0.4 is 16.8 Å². The second kappa shape index (κ2) is 10.0. The highest BCUT2D eigenvalue weighted by molar-refractivity contribution is 5.64. The van der Waals surface area contributed by atoms with Crippen molar-refractivity contribution >= 4 is 6.09 Å². The molecule has 5 aliphatic carbocycles. The van der Waals surface area contributed by atoms with Gasteiger partial charge in [-0.1, -0.05) is 41.5 Å². The SMILES string of the molecule is CC(C)[C@@H](OC(N)=O)[C@H]1C[C@@H](C)[C@H]2[C@H](O1)[C@H](O)[C@@]1(N)C3CC[C@H]4C(C)(C)[C@@H](O[C@H]5CNCCO5)CCC45C[C@@]35CCC21C. The zero-order chi connectivity index (χ0) is 30.7. The van der Waals surface area contributed by atoms with Crippen LogP contribution in [0.2, 0.25) is 0 Å². The first-order valence-electron chi connectivity index (χ1n) is 17.3. The maximum atomic E-state index is 12.4. The topological polar surface area (TPSA) is 138 Å². The molecule has 7 rings (SSSR count). The Bertz CT molecular complexity index is 1110. The molecule has 0 radical (unpaired) electrons. The summed E-state index contributed by atoms with van der Waals surface area (Å²) in [6, 6.07) is 0. The number of hydrogen-bond acceptors (Lipinski definition) is 8. The summed E-state index contributed by atoms with van der Waals surface area (Å²) in [5.41, 5.74) is 12.8. The van der Waals surface area contributed by atoms with Crippen molar-refractivity contribution in [1.82, 2.24) is 5.32 Å². The molecular formula is C34H57N3O6. The van der Waals surface area contributed by atoms with Gasteiger partial charge in [-0.05, 0) is 103 Å². The normalized spacial score (nSPS) is 53.9. The van der Waals surface area contributed by atoms with Crippen molar-refractivity contribution in [2.24, 2.45) is 62.7 Å². The standard InChI is InChI=1S/C34H57N3O6/c1-18(2)26(43-29(35)39)20-15-19(3)25-27(41-20)28(38)34(36)22-8-7-21-30(4,5)23(42-24-16-37-13-14-40-24)9-10-32(21)17-33(22,32)12-11-31(25,34)6/h18-28,37-38H,7-17,36H2,1-6H3,(H2,35,39)/t19-,20-,21+,22?,23+,24+,25+,26-,27+,28+,31?,32?,33+,34+/m1/s1. The zero-order valence-electron chi connectivity index (χ0n) is 27.3. The van der Waals surface area contributed by atoms with Crippen LogP contribution in [0.3, 0.4) is 0 Å². The number of carbonyl (C=O) groups excluding carboxylic acids is 1. The summed E-state index contributed by atoms with van der Waals surface area (Å²) >= 11 is 0. The maximum Gasteiger partial charge on any atom is 0.404 e. The lowest BCUT2D eigenvalue weighted by Gasteiger charge is -2.63. The molecule has 9 heteroatoms. The fraction of sp³-hybridized carbons (Fsp3) is 0.971. The summed E-state index contributed by atoms with van der Waals surface area (Å²) in [4.78, 5) is 11.8. The predicted octanol–water partition coefficient (Wildman–Crippen LogP) is 3.94. The number of hydrogen-bond donors (Lipinski definition) is 4. The largest absolute Gasteiger partial charge is 0.443 e. The van der Waals surface area contributed by atoms with E-state index in [9.17, 15) is 9.90 Å². The second-order valence-electron chi connectivity index (χ2n) is 17.0. The van der Waals surface area contributed by atoms with Gasteiger partial charge >= 0.3 is 6.09 Å². The molecule has 43 heavy (non-hydrogen) atoms. The van der Waals surface area contributed by atoms with Crippen molar-refractivity contribution in [2.45, 2.75) is 135 Å². The molecule has 7 fully saturated rings. The molecule has 0 bridgehead atoms. The highest BCUT2D eigenvalue weighted by atomic mass is 16.7. The molecule has 1 amide bonds. The van der Waals surface area contributed by atoms with Crippen molar-refractivity contribution in [3.8, 4) is 0 Å². The van der Waals surface area contributed by atoms with Gasteiger partial charge in [-0.25, -0.2) is 4.79 Å². The van der Waals surface area contributed by atoms with E-state index >= 15 is 0 Å². The summed E-state index contributed by atoms with van der Waals surface area (Å²) in [7, 11) is 0. The molecule has 0 aromatic heterocycles. The highest BCUT2D eigenvalue weighted by Gasteiger charge is 2.85. The number of aliphatic hydroxyl groups is 1. The average molecular weight is 604 g/mol. The smallest absolute Gasteiger partial charge is 0.404 e. The molecule has 3 unspecified atom stereocenters.